The van der Waals surface area contributed by atoms with E-state index in [1.807, 2.05) is 25.1 Å². The lowest BCUT2D eigenvalue weighted by atomic mass is 10.1. The second-order valence-corrected chi connectivity index (χ2v) is 5.24. The molecule has 3 rings (SSSR count). The van der Waals surface area contributed by atoms with E-state index in [4.69, 9.17) is 4.74 Å². The maximum atomic E-state index is 10.6. The SMILES string of the molecule is CCOc1cc(N=O)ccc1NCCc1c[nH]c2ccccc12. The first-order valence-electron chi connectivity index (χ1n) is 7.71. The smallest absolute Gasteiger partial charge is 0.144 e. The van der Waals surface area contributed by atoms with Gasteiger partial charge in [-0.25, -0.2) is 0 Å². The molecule has 0 radical (unpaired) electrons. The van der Waals surface area contributed by atoms with Crippen molar-refractivity contribution in [3.8, 4) is 5.75 Å². The molecule has 0 fully saturated rings. The Balaban J connectivity index is 1.69. The van der Waals surface area contributed by atoms with E-state index in [0.29, 0.717) is 18.0 Å². The van der Waals surface area contributed by atoms with Crippen LogP contribution in [0.5, 0.6) is 5.75 Å². The van der Waals surface area contributed by atoms with Crippen LogP contribution in [0.15, 0.2) is 53.8 Å². The number of nitrogens with one attached hydrogen (secondary N) is 2. The first kappa shape index (κ1) is 15.1. The number of fused-ring (bicyclic) bond motifs is 1. The summed E-state index contributed by atoms with van der Waals surface area (Å²) in [7, 11) is 0. The Labute approximate surface area is 134 Å². The molecule has 0 aliphatic heterocycles. The van der Waals surface area contributed by atoms with Crippen molar-refractivity contribution >= 4 is 22.3 Å². The van der Waals surface area contributed by atoms with Gasteiger partial charge in [0, 0.05) is 29.7 Å². The number of nitrogens with zero attached hydrogens (tertiary/aromatic N) is 1. The van der Waals surface area contributed by atoms with E-state index in [0.717, 1.165) is 24.2 Å². The highest BCUT2D eigenvalue weighted by molar-refractivity contribution is 5.83. The van der Waals surface area contributed by atoms with Gasteiger partial charge in [-0.2, -0.15) is 0 Å². The molecule has 0 saturated carbocycles. The first-order valence-corrected chi connectivity index (χ1v) is 7.71. The average Bonchev–Trinajstić information content (AvgIpc) is 3.00. The number of nitroso groups, excluding NO2 is 1. The summed E-state index contributed by atoms with van der Waals surface area (Å²) in [4.78, 5) is 13.9. The van der Waals surface area contributed by atoms with Crippen molar-refractivity contribution in [1.82, 2.24) is 4.98 Å². The van der Waals surface area contributed by atoms with Gasteiger partial charge in [0.25, 0.3) is 0 Å². The van der Waals surface area contributed by atoms with Crippen molar-refractivity contribution < 1.29 is 4.74 Å². The van der Waals surface area contributed by atoms with Crippen LogP contribution in [0, 0.1) is 4.91 Å². The van der Waals surface area contributed by atoms with E-state index in [1.54, 1.807) is 12.1 Å². The van der Waals surface area contributed by atoms with Gasteiger partial charge < -0.3 is 15.0 Å². The fourth-order valence-corrected chi connectivity index (χ4v) is 2.66. The van der Waals surface area contributed by atoms with Crippen molar-refractivity contribution in [2.24, 2.45) is 5.18 Å². The van der Waals surface area contributed by atoms with Crippen LogP contribution in [-0.2, 0) is 6.42 Å². The second-order valence-electron chi connectivity index (χ2n) is 5.24. The minimum absolute atomic E-state index is 0.371. The fraction of sp³-hybridized carbons (Fsp3) is 0.222. The van der Waals surface area contributed by atoms with Crippen LogP contribution in [0.25, 0.3) is 10.9 Å². The van der Waals surface area contributed by atoms with E-state index in [9.17, 15) is 4.91 Å². The Morgan fingerprint density at radius 3 is 2.91 bits per heavy atom. The predicted molar refractivity (Wildman–Crippen MR) is 93.6 cm³/mol. The van der Waals surface area contributed by atoms with Crippen LogP contribution in [0.3, 0.4) is 0 Å². The summed E-state index contributed by atoms with van der Waals surface area (Å²) in [5.74, 6) is 0.656. The number of hydrogen-bond donors (Lipinski definition) is 2. The lowest BCUT2D eigenvalue weighted by Gasteiger charge is -2.12. The molecule has 1 aromatic heterocycles. The third-order valence-electron chi connectivity index (χ3n) is 3.76. The summed E-state index contributed by atoms with van der Waals surface area (Å²) in [6.45, 7) is 3.23. The van der Waals surface area contributed by atoms with E-state index in [1.165, 1.54) is 10.9 Å². The summed E-state index contributed by atoms with van der Waals surface area (Å²) in [6.07, 6.45) is 2.94. The number of rotatable bonds is 7. The van der Waals surface area contributed by atoms with Crippen molar-refractivity contribution in [2.45, 2.75) is 13.3 Å². The summed E-state index contributed by atoms with van der Waals surface area (Å²) >= 11 is 0. The van der Waals surface area contributed by atoms with E-state index >= 15 is 0 Å². The van der Waals surface area contributed by atoms with E-state index in [-0.39, 0.29) is 0 Å². The predicted octanol–water partition coefficient (Wildman–Crippen LogP) is 4.62. The normalized spacial score (nSPS) is 10.7. The van der Waals surface area contributed by atoms with Crippen molar-refractivity contribution in [1.29, 1.82) is 0 Å². The topological polar surface area (TPSA) is 66.5 Å². The summed E-state index contributed by atoms with van der Waals surface area (Å²) in [5.41, 5.74) is 3.67. The van der Waals surface area contributed by atoms with Crippen molar-refractivity contribution in [3.63, 3.8) is 0 Å². The standard InChI is InChI=1S/C18H19N3O2/c1-2-23-18-11-14(21-22)7-8-17(18)19-10-9-13-12-20-16-6-4-3-5-15(13)16/h3-8,11-12,19-20H,2,9-10H2,1H3. The Kier molecular flexibility index (Phi) is 4.57. The van der Waals surface area contributed by atoms with Gasteiger partial charge in [-0.3, -0.25) is 0 Å². The lowest BCUT2D eigenvalue weighted by molar-refractivity contribution is 0.342. The average molecular weight is 309 g/mol. The molecule has 2 aromatic carbocycles. The van der Waals surface area contributed by atoms with Crippen LogP contribution in [0.4, 0.5) is 11.4 Å². The molecule has 0 saturated heterocycles. The number of hydrogen-bond acceptors (Lipinski definition) is 4. The number of aromatic nitrogens is 1. The van der Waals surface area contributed by atoms with E-state index in [2.05, 4.69) is 33.8 Å². The number of para-hydroxylation sites is 1. The minimum Gasteiger partial charge on any atom is -0.492 e. The maximum absolute atomic E-state index is 10.6. The van der Waals surface area contributed by atoms with Gasteiger partial charge in [-0.15, -0.1) is 4.91 Å². The second kappa shape index (κ2) is 6.96. The lowest BCUT2D eigenvalue weighted by Crippen LogP contribution is -2.06. The number of aromatic amines is 1. The molecule has 0 amide bonds. The molecule has 0 spiro atoms. The molecule has 118 valence electrons. The largest absolute Gasteiger partial charge is 0.492 e. The molecule has 0 atom stereocenters. The van der Waals surface area contributed by atoms with Gasteiger partial charge in [0.05, 0.1) is 12.3 Å². The first-order chi connectivity index (χ1) is 11.3. The highest BCUT2D eigenvalue weighted by Gasteiger charge is 2.07. The molecule has 0 bridgehead atoms. The zero-order valence-electron chi connectivity index (χ0n) is 13.0. The maximum Gasteiger partial charge on any atom is 0.144 e. The summed E-state index contributed by atoms with van der Waals surface area (Å²) in [6, 6.07) is 13.4. The molecule has 3 aromatic rings. The number of H-pyrrole nitrogens is 1. The van der Waals surface area contributed by atoms with E-state index < -0.39 is 0 Å². The highest BCUT2D eigenvalue weighted by atomic mass is 16.5. The fourth-order valence-electron chi connectivity index (χ4n) is 2.66. The van der Waals surface area contributed by atoms with Gasteiger partial charge in [-0.05, 0) is 42.3 Å². The summed E-state index contributed by atoms with van der Waals surface area (Å²) in [5, 5.41) is 7.57. The van der Waals surface area contributed by atoms with Gasteiger partial charge in [0.15, 0.2) is 0 Å². The van der Waals surface area contributed by atoms with Crippen LogP contribution < -0.4 is 10.1 Å². The monoisotopic (exact) mass is 309 g/mol. The molecule has 5 nitrogen and oxygen atoms in total. The van der Waals surface area contributed by atoms with Gasteiger partial charge in [0.1, 0.15) is 11.4 Å². The highest BCUT2D eigenvalue weighted by Crippen LogP contribution is 2.29. The molecule has 5 heteroatoms. The Morgan fingerprint density at radius 1 is 1.22 bits per heavy atom. The number of benzene rings is 2. The molecule has 1 heterocycles. The summed E-state index contributed by atoms with van der Waals surface area (Å²) < 4.78 is 5.57. The molecule has 2 N–H and O–H groups in total. The third kappa shape index (κ3) is 3.34. The quantitative estimate of drug-likeness (QED) is 0.626. The zero-order valence-corrected chi connectivity index (χ0v) is 13.0. The van der Waals surface area contributed by atoms with Gasteiger partial charge in [0.2, 0.25) is 0 Å². The van der Waals surface area contributed by atoms with Gasteiger partial charge >= 0.3 is 0 Å². The van der Waals surface area contributed by atoms with Crippen LogP contribution in [0.1, 0.15) is 12.5 Å². The van der Waals surface area contributed by atoms with Crippen LogP contribution >= 0.6 is 0 Å². The number of ether oxygens (including phenoxy) is 1. The zero-order chi connectivity index (χ0) is 16.1. The van der Waals surface area contributed by atoms with Gasteiger partial charge in [-0.1, -0.05) is 18.2 Å². The Hall–Kier alpha value is -2.82. The van der Waals surface area contributed by atoms with Crippen molar-refractivity contribution in [3.05, 3.63) is 59.1 Å². The Bertz CT molecular complexity index is 811. The molecular weight excluding hydrogens is 290 g/mol. The number of anilines is 1. The minimum atomic E-state index is 0.371. The molecule has 0 aliphatic carbocycles. The molecular formula is C18H19N3O2. The third-order valence-corrected chi connectivity index (χ3v) is 3.76. The molecule has 0 aliphatic rings. The molecule has 0 unspecified atom stereocenters. The van der Waals surface area contributed by atoms with Crippen LogP contribution in [0.2, 0.25) is 0 Å². The Morgan fingerprint density at radius 2 is 2.09 bits per heavy atom. The molecule has 23 heavy (non-hydrogen) atoms. The van der Waals surface area contributed by atoms with Crippen LogP contribution in [-0.4, -0.2) is 18.1 Å². The van der Waals surface area contributed by atoms with Crippen molar-refractivity contribution in [2.75, 3.05) is 18.5 Å².